The van der Waals surface area contributed by atoms with Gasteiger partial charge in [-0.1, -0.05) is 23.7 Å². The van der Waals surface area contributed by atoms with Gasteiger partial charge >= 0.3 is 0 Å². The maximum Gasteiger partial charge on any atom is 0.252 e. The predicted octanol–water partition coefficient (Wildman–Crippen LogP) is 3.99. The molecule has 1 atom stereocenters. The number of hydrogen-bond acceptors (Lipinski definition) is 4. The summed E-state index contributed by atoms with van der Waals surface area (Å²) in [5, 5.41) is 3.83. The topological polar surface area (TPSA) is 63.1 Å². The number of pyridine rings is 1. The monoisotopic (exact) mass is 409 g/mol. The Labute approximate surface area is 174 Å². The number of fused-ring (bicyclic) bond motifs is 1. The molecular weight excluding hydrogens is 386 g/mol. The molecule has 1 aromatic carbocycles. The minimum atomic E-state index is -0.112. The Morgan fingerprint density at radius 3 is 2.66 bits per heavy atom. The van der Waals surface area contributed by atoms with Crippen LogP contribution in [-0.4, -0.2) is 45.0 Å². The number of rotatable bonds is 6. The van der Waals surface area contributed by atoms with Crippen LogP contribution in [0.5, 0.6) is 0 Å². The molecule has 1 amide bonds. The molecule has 2 aromatic heterocycles. The van der Waals surface area contributed by atoms with Gasteiger partial charge in [0.05, 0.1) is 17.9 Å². The highest BCUT2D eigenvalue weighted by molar-refractivity contribution is 6.30. The standard InChI is InChI=1S/C22H24ClN5O/c23-17-5-3-15(4-6-17)20(27-9-1-2-10-27)13-25-22(29)16-11-19-21(24-12-16)28(14-26-19)18-7-8-18/h3-6,11-12,14,18,20H,1-2,7-10,13H2,(H,25,29). The molecule has 3 aromatic rings. The number of amides is 1. The van der Waals surface area contributed by atoms with Gasteiger partial charge in [-0.15, -0.1) is 0 Å². The van der Waals surface area contributed by atoms with Gasteiger partial charge in [-0.3, -0.25) is 9.69 Å². The summed E-state index contributed by atoms with van der Waals surface area (Å²) >= 11 is 6.06. The van der Waals surface area contributed by atoms with Crippen LogP contribution in [0, 0.1) is 0 Å². The Morgan fingerprint density at radius 2 is 1.93 bits per heavy atom. The number of benzene rings is 1. The first-order chi connectivity index (χ1) is 14.2. The van der Waals surface area contributed by atoms with E-state index in [9.17, 15) is 4.79 Å². The minimum absolute atomic E-state index is 0.112. The van der Waals surface area contributed by atoms with Crippen LogP contribution >= 0.6 is 11.6 Å². The Kier molecular flexibility index (Phi) is 4.97. The van der Waals surface area contributed by atoms with Crippen molar-refractivity contribution in [2.45, 2.75) is 37.8 Å². The van der Waals surface area contributed by atoms with Crippen molar-refractivity contribution in [1.29, 1.82) is 0 Å². The quantitative estimate of drug-likeness (QED) is 0.668. The molecule has 1 saturated heterocycles. The van der Waals surface area contributed by atoms with Crippen LogP contribution in [-0.2, 0) is 0 Å². The molecule has 2 fully saturated rings. The van der Waals surface area contributed by atoms with E-state index in [1.54, 1.807) is 6.20 Å². The molecule has 1 unspecified atom stereocenters. The number of halogens is 1. The highest BCUT2D eigenvalue weighted by Gasteiger charge is 2.26. The van der Waals surface area contributed by atoms with Crippen LogP contribution in [0.15, 0.2) is 42.9 Å². The summed E-state index contributed by atoms with van der Waals surface area (Å²) in [7, 11) is 0. The lowest BCUT2D eigenvalue weighted by Crippen LogP contribution is -2.36. The SMILES string of the molecule is O=C(NCC(c1ccc(Cl)cc1)N1CCCC1)c1cnc2c(c1)ncn2C1CC1. The molecule has 0 bridgehead atoms. The first kappa shape index (κ1) is 18.6. The Morgan fingerprint density at radius 1 is 1.17 bits per heavy atom. The summed E-state index contributed by atoms with van der Waals surface area (Å²) < 4.78 is 2.11. The van der Waals surface area contributed by atoms with E-state index in [-0.39, 0.29) is 11.9 Å². The van der Waals surface area contributed by atoms with Crippen molar-refractivity contribution < 1.29 is 4.79 Å². The molecule has 5 rings (SSSR count). The third-order valence-electron chi connectivity index (χ3n) is 5.91. The van der Waals surface area contributed by atoms with E-state index in [2.05, 4.69) is 36.9 Å². The first-order valence-electron chi connectivity index (χ1n) is 10.3. The van der Waals surface area contributed by atoms with Crippen molar-refractivity contribution in [3.8, 4) is 0 Å². The summed E-state index contributed by atoms with van der Waals surface area (Å²) in [4.78, 5) is 24.2. The van der Waals surface area contributed by atoms with Crippen LogP contribution in [0.1, 0.15) is 53.7 Å². The summed E-state index contributed by atoms with van der Waals surface area (Å²) in [5.74, 6) is -0.112. The van der Waals surface area contributed by atoms with Gasteiger partial charge in [-0.2, -0.15) is 0 Å². The second-order valence-electron chi connectivity index (χ2n) is 7.97. The molecule has 1 aliphatic heterocycles. The number of aromatic nitrogens is 3. The van der Waals surface area contributed by atoms with E-state index >= 15 is 0 Å². The van der Waals surface area contributed by atoms with Crippen molar-refractivity contribution >= 4 is 28.7 Å². The number of imidazole rings is 1. The third-order valence-corrected chi connectivity index (χ3v) is 6.16. The molecule has 6 nitrogen and oxygen atoms in total. The van der Waals surface area contributed by atoms with E-state index in [0.717, 1.165) is 29.3 Å². The van der Waals surface area contributed by atoms with Gasteiger partial charge in [-0.25, -0.2) is 9.97 Å². The molecule has 1 saturated carbocycles. The number of likely N-dealkylation sites (tertiary alicyclic amines) is 1. The zero-order chi connectivity index (χ0) is 19.8. The smallest absolute Gasteiger partial charge is 0.252 e. The van der Waals surface area contributed by atoms with E-state index in [0.29, 0.717) is 18.2 Å². The first-order valence-corrected chi connectivity index (χ1v) is 10.7. The van der Waals surface area contributed by atoms with Crippen molar-refractivity contribution in [3.63, 3.8) is 0 Å². The van der Waals surface area contributed by atoms with Crippen molar-refractivity contribution in [1.82, 2.24) is 24.8 Å². The van der Waals surface area contributed by atoms with E-state index in [4.69, 9.17) is 11.6 Å². The maximum absolute atomic E-state index is 12.8. The maximum atomic E-state index is 12.8. The number of carbonyl (C=O) groups is 1. The average molecular weight is 410 g/mol. The summed E-state index contributed by atoms with van der Waals surface area (Å²) in [6, 6.07) is 10.4. The highest BCUT2D eigenvalue weighted by Crippen LogP contribution is 2.36. The average Bonchev–Trinajstić information content (AvgIpc) is 3.26. The molecule has 0 spiro atoms. The fourth-order valence-corrected chi connectivity index (χ4v) is 4.28. The number of nitrogens with one attached hydrogen (secondary N) is 1. The molecule has 0 radical (unpaired) electrons. The zero-order valence-corrected chi connectivity index (χ0v) is 17.0. The minimum Gasteiger partial charge on any atom is -0.350 e. The van der Waals surface area contributed by atoms with E-state index in [1.807, 2.05) is 24.5 Å². The van der Waals surface area contributed by atoms with Crippen LogP contribution in [0.25, 0.3) is 11.2 Å². The second kappa shape index (κ2) is 7.76. The van der Waals surface area contributed by atoms with Crippen molar-refractivity contribution in [2.24, 2.45) is 0 Å². The van der Waals surface area contributed by atoms with E-state index in [1.165, 1.54) is 31.2 Å². The molecule has 3 heterocycles. The highest BCUT2D eigenvalue weighted by atomic mass is 35.5. The lowest BCUT2D eigenvalue weighted by atomic mass is 10.1. The Bertz CT molecular complexity index is 1020. The van der Waals surface area contributed by atoms with Gasteiger partial charge in [0.2, 0.25) is 0 Å². The molecule has 29 heavy (non-hydrogen) atoms. The van der Waals surface area contributed by atoms with Crippen LogP contribution < -0.4 is 5.32 Å². The fourth-order valence-electron chi connectivity index (χ4n) is 4.15. The van der Waals surface area contributed by atoms with Crippen molar-refractivity contribution in [2.75, 3.05) is 19.6 Å². The second-order valence-corrected chi connectivity index (χ2v) is 8.41. The molecule has 2 aliphatic rings. The molecule has 150 valence electrons. The van der Waals surface area contributed by atoms with Gasteiger partial charge in [0.15, 0.2) is 5.65 Å². The van der Waals surface area contributed by atoms with E-state index < -0.39 is 0 Å². The van der Waals surface area contributed by atoms with Crippen molar-refractivity contribution in [3.05, 3.63) is 59.0 Å². The van der Waals surface area contributed by atoms with Gasteiger partial charge in [0.25, 0.3) is 5.91 Å². The lowest BCUT2D eigenvalue weighted by molar-refractivity contribution is 0.0937. The summed E-state index contributed by atoms with van der Waals surface area (Å²) in [6.07, 6.45) is 8.24. The molecule has 7 heteroatoms. The Hall–Kier alpha value is -2.44. The molecule has 1 N–H and O–H groups in total. The van der Waals surface area contributed by atoms with Gasteiger partial charge in [0, 0.05) is 23.8 Å². The van der Waals surface area contributed by atoms with Crippen LogP contribution in [0.2, 0.25) is 5.02 Å². The van der Waals surface area contributed by atoms with Crippen LogP contribution in [0.4, 0.5) is 0 Å². The summed E-state index contributed by atoms with van der Waals surface area (Å²) in [5.41, 5.74) is 3.36. The zero-order valence-electron chi connectivity index (χ0n) is 16.2. The molecule has 1 aliphatic carbocycles. The Balaban J connectivity index is 1.32. The largest absolute Gasteiger partial charge is 0.350 e. The lowest BCUT2D eigenvalue weighted by Gasteiger charge is -2.28. The summed E-state index contributed by atoms with van der Waals surface area (Å²) in [6.45, 7) is 2.65. The van der Waals surface area contributed by atoms with Gasteiger partial charge < -0.3 is 9.88 Å². The van der Waals surface area contributed by atoms with Crippen LogP contribution in [0.3, 0.4) is 0 Å². The van der Waals surface area contributed by atoms with Gasteiger partial charge in [0.1, 0.15) is 5.52 Å². The fraction of sp³-hybridized carbons (Fsp3) is 0.409. The predicted molar refractivity (Wildman–Crippen MR) is 113 cm³/mol. The van der Waals surface area contributed by atoms with Gasteiger partial charge in [-0.05, 0) is 62.5 Å². The number of hydrogen-bond donors (Lipinski definition) is 1. The number of carbonyl (C=O) groups excluding carboxylic acids is 1. The molecular formula is C22H24ClN5O. The number of nitrogens with zero attached hydrogens (tertiary/aromatic N) is 4. The third kappa shape index (κ3) is 3.87. The normalized spacial score (nSPS) is 18.2.